The van der Waals surface area contributed by atoms with Crippen LogP contribution >= 0.6 is 0 Å². The Morgan fingerprint density at radius 2 is 1.56 bits per heavy atom. The van der Waals surface area contributed by atoms with Gasteiger partial charge in [-0.2, -0.15) is 8.42 Å². The van der Waals surface area contributed by atoms with Gasteiger partial charge in [0.15, 0.2) is 0 Å². The SMILES string of the molecule is C=C/C=C\c1coc(-c2ccc(NC(=O)C(Cc3ccc(C(=O)NCCS(=O)(=O)O)cc3)c3ccc(-c4cc5ccccc5o4)cc3)cc2)c1. The minimum Gasteiger partial charge on any atom is -0.464 e. The second kappa shape index (κ2) is 15.1. The fourth-order valence-electron chi connectivity index (χ4n) is 5.51. The quantitative estimate of drug-likeness (QED) is 0.0823. The van der Waals surface area contributed by atoms with E-state index in [2.05, 4.69) is 17.2 Å². The molecule has 6 aromatic rings. The molecule has 3 N–H and O–H groups in total. The Morgan fingerprint density at radius 1 is 0.860 bits per heavy atom. The van der Waals surface area contributed by atoms with Gasteiger partial charge in [0.1, 0.15) is 17.1 Å². The normalized spacial score (nSPS) is 12.2. The van der Waals surface area contributed by atoms with Crippen molar-refractivity contribution in [1.82, 2.24) is 5.32 Å². The van der Waals surface area contributed by atoms with Gasteiger partial charge >= 0.3 is 0 Å². The largest absolute Gasteiger partial charge is 0.464 e. The lowest BCUT2D eigenvalue weighted by Crippen LogP contribution is -2.28. The van der Waals surface area contributed by atoms with Crippen LogP contribution in [0.4, 0.5) is 5.69 Å². The summed E-state index contributed by atoms with van der Waals surface area (Å²) in [4.78, 5) is 26.4. The zero-order chi connectivity index (χ0) is 35.1. The molecule has 0 saturated heterocycles. The van der Waals surface area contributed by atoms with Crippen LogP contribution in [0.3, 0.4) is 0 Å². The molecule has 0 spiro atoms. The molecule has 2 heterocycles. The number of para-hydroxylation sites is 1. The summed E-state index contributed by atoms with van der Waals surface area (Å²) in [5.74, 6) is -0.426. The molecule has 50 heavy (non-hydrogen) atoms. The molecule has 2 aromatic heterocycles. The van der Waals surface area contributed by atoms with Gasteiger partial charge in [-0.15, -0.1) is 0 Å². The molecule has 0 saturated carbocycles. The molecule has 0 aliphatic heterocycles. The summed E-state index contributed by atoms with van der Waals surface area (Å²) in [6.45, 7) is 3.47. The van der Waals surface area contributed by atoms with Crippen molar-refractivity contribution in [3.05, 3.63) is 156 Å². The maximum absolute atomic E-state index is 13.9. The molecule has 0 radical (unpaired) electrons. The molecule has 6 rings (SSSR count). The van der Waals surface area contributed by atoms with Crippen molar-refractivity contribution in [3.63, 3.8) is 0 Å². The summed E-state index contributed by atoms with van der Waals surface area (Å²) < 4.78 is 42.6. The molecule has 10 heteroatoms. The topological polar surface area (TPSA) is 139 Å². The first-order valence-electron chi connectivity index (χ1n) is 15.9. The number of carbonyl (C=O) groups is 2. The van der Waals surface area contributed by atoms with Crippen molar-refractivity contribution >= 4 is 44.7 Å². The number of benzene rings is 4. The van der Waals surface area contributed by atoms with E-state index in [0.717, 1.165) is 44.5 Å². The van der Waals surface area contributed by atoms with Crippen LogP contribution in [0.15, 0.2) is 143 Å². The molecular formula is C40H34N2O7S. The Bertz CT molecular complexity index is 2230. The Labute approximate surface area is 289 Å². The second-order valence-electron chi connectivity index (χ2n) is 11.7. The van der Waals surface area contributed by atoms with Gasteiger partial charge in [0.25, 0.3) is 16.0 Å². The molecule has 2 amide bonds. The maximum Gasteiger partial charge on any atom is 0.266 e. The number of carbonyl (C=O) groups excluding carboxylic acids is 2. The standard InChI is InChI=1S/C40H34N2O7S/c1-2-3-6-28-24-37(48-26-28)30-17-19-34(20-18-30)42-40(44)35(23-27-9-11-32(12-10-27)39(43)41-21-22-50(45,46)47)29-13-15-31(16-14-29)38-25-33-7-4-5-8-36(33)49-38/h2-20,24-26,35H,1,21-23H2,(H,41,43)(H,42,44)(H,45,46,47)/b6-3-. The maximum atomic E-state index is 13.9. The average molecular weight is 687 g/mol. The van der Waals surface area contributed by atoms with Gasteiger partial charge in [-0.25, -0.2) is 0 Å². The van der Waals surface area contributed by atoms with Crippen LogP contribution in [0.5, 0.6) is 0 Å². The van der Waals surface area contributed by atoms with Crippen LogP contribution in [-0.2, 0) is 21.3 Å². The van der Waals surface area contributed by atoms with Crippen LogP contribution in [0.1, 0.15) is 33.0 Å². The van der Waals surface area contributed by atoms with Crippen LogP contribution < -0.4 is 10.6 Å². The summed E-state index contributed by atoms with van der Waals surface area (Å²) in [5, 5.41) is 6.54. The molecule has 4 aromatic carbocycles. The first kappa shape index (κ1) is 33.9. The fraction of sp³-hybridized carbons (Fsp3) is 0.100. The first-order chi connectivity index (χ1) is 24.1. The second-order valence-corrected chi connectivity index (χ2v) is 13.2. The van der Waals surface area contributed by atoms with Crippen molar-refractivity contribution < 1.29 is 31.4 Å². The lowest BCUT2D eigenvalue weighted by atomic mass is 9.90. The smallest absolute Gasteiger partial charge is 0.266 e. The highest BCUT2D eigenvalue weighted by atomic mass is 32.2. The van der Waals surface area contributed by atoms with E-state index in [0.29, 0.717) is 23.4 Å². The Morgan fingerprint density at radius 3 is 2.26 bits per heavy atom. The third-order valence-corrected chi connectivity index (χ3v) is 8.84. The Balaban J connectivity index is 1.21. The molecule has 0 aliphatic rings. The van der Waals surface area contributed by atoms with Crippen LogP contribution in [0.2, 0.25) is 0 Å². The Hall–Kier alpha value is -5.97. The minimum absolute atomic E-state index is 0.212. The summed E-state index contributed by atoms with van der Waals surface area (Å²) in [6.07, 6.45) is 7.43. The van der Waals surface area contributed by atoms with Gasteiger partial charge in [0.05, 0.1) is 17.9 Å². The van der Waals surface area contributed by atoms with E-state index in [1.54, 1.807) is 36.6 Å². The number of hydrogen-bond acceptors (Lipinski definition) is 6. The fourth-order valence-corrected chi connectivity index (χ4v) is 5.87. The molecular weight excluding hydrogens is 653 g/mol. The summed E-state index contributed by atoms with van der Waals surface area (Å²) in [6, 6.07) is 33.6. The van der Waals surface area contributed by atoms with Crippen molar-refractivity contribution in [3.8, 4) is 22.6 Å². The molecule has 0 fully saturated rings. The van der Waals surface area contributed by atoms with Crippen LogP contribution in [-0.4, -0.2) is 37.1 Å². The van der Waals surface area contributed by atoms with E-state index < -0.39 is 27.7 Å². The van der Waals surface area contributed by atoms with Gasteiger partial charge in [0, 0.05) is 39.9 Å². The lowest BCUT2D eigenvalue weighted by molar-refractivity contribution is -0.117. The van der Waals surface area contributed by atoms with Gasteiger partial charge < -0.3 is 19.5 Å². The monoisotopic (exact) mass is 686 g/mol. The molecule has 0 aliphatic carbocycles. The summed E-state index contributed by atoms with van der Waals surface area (Å²) >= 11 is 0. The number of fused-ring (bicyclic) bond motifs is 1. The summed E-state index contributed by atoms with van der Waals surface area (Å²) in [7, 11) is -4.19. The van der Waals surface area contributed by atoms with E-state index in [1.807, 2.05) is 97.1 Å². The average Bonchev–Trinajstić information content (AvgIpc) is 3.77. The van der Waals surface area contributed by atoms with Crippen molar-refractivity contribution in [2.45, 2.75) is 12.3 Å². The van der Waals surface area contributed by atoms with Crippen molar-refractivity contribution in [2.24, 2.45) is 0 Å². The zero-order valence-electron chi connectivity index (χ0n) is 26.9. The molecule has 0 bridgehead atoms. The predicted molar refractivity (Wildman–Crippen MR) is 195 cm³/mol. The predicted octanol–water partition coefficient (Wildman–Crippen LogP) is 8.14. The van der Waals surface area contributed by atoms with Crippen LogP contribution in [0, 0.1) is 0 Å². The van der Waals surface area contributed by atoms with Gasteiger partial charge in [-0.3, -0.25) is 14.1 Å². The number of hydrogen-bond donors (Lipinski definition) is 3. The highest BCUT2D eigenvalue weighted by molar-refractivity contribution is 7.85. The number of nitrogens with one attached hydrogen (secondary N) is 2. The van der Waals surface area contributed by atoms with E-state index in [4.69, 9.17) is 13.4 Å². The van der Waals surface area contributed by atoms with Crippen molar-refractivity contribution in [2.75, 3.05) is 17.6 Å². The number of allylic oxidation sites excluding steroid dienone is 2. The molecule has 9 nitrogen and oxygen atoms in total. The van der Waals surface area contributed by atoms with E-state index in [-0.39, 0.29) is 12.5 Å². The number of amides is 2. The van der Waals surface area contributed by atoms with E-state index in [9.17, 15) is 18.0 Å². The third kappa shape index (κ3) is 8.54. The van der Waals surface area contributed by atoms with Gasteiger partial charge in [0.2, 0.25) is 5.91 Å². The van der Waals surface area contributed by atoms with Crippen molar-refractivity contribution in [1.29, 1.82) is 0 Å². The highest BCUT2D eigenvalue weighted by Gasteiger charge is 2.22. The van der Waals surface area contributed by atoms with E-state index >= 15 is 0 Å². The highest BCUT2D eigenvalue weighted by Crippen LogP contribution is 2.31. The molecule has 1 atom stereocenters. The number of rotatable bonds is 13. The van der Waals surface area contributed by atoms with Crippen LogP contribution in [0.25, 0.3) is 39.7 Å². The molecule has 1 unspecified atom stereocenters. The first-order valence-corrected chi connectivity index (χ1v) is 17.5. The number of furan rings is 2. The molecule has 252 valence electrons. The summed E-state index contributed by atoms with van der Waals surface area (Å²) in [5.41, 5.74) is 6.00. The van der Waals surface area contributed by atoms with Gasteiger partial charge in [-0.1, -0.05) is 79.4 Å². The zero-order valence-corrected chi connectivity index (χ0v) is 27.7. The van der Waals surface area contributed by atoms with E-state index in [1.165, 1.54) is 0 Å². The third-order valence-electron chi connectivity index (χ3n) is 8.12. The minimum atomic E-state index is -4.19. The Kier molecular flexibility index (Phi) is 10.2. The lowest BCUT2D eigenvalue weighted by Gasteiger charge is -2.18. The number of anilines is 1. The van der Waals surface area contributed by atoms with Gasteiger partial charge in [-0.05, 0) is 72.1 Å².